The van der Waals surface area contributed by atoms with Crippen LogP contribution >= 0.6 is 0 Å². The van der Waals surface area contributed by atoms with Crippen LogP contribution in [0.15, 0.2) is 35.1 Å². The lowest BCUT2D eigenvalue weighted by molar-refractivity contribution is -0.387. The molecule has 0 bridgehead atoms. The molecule has 0 spiro atoms. The molecule has 12 nitrogen and oxygen atoms in total. The van der Waals surface area contributed by atoms with Crippen LogP contribution in [-0.4, -0.2) is 49.2 Å². The normalized spacial score (nSPS) is 11.1. The van der Waals surface area contributed by atoms with Gasteiger partial charge in [0.25, 0.3) is 5.56 Å². The van der Waals surface area contributed by atoms with Crippen LogP contribution in [0, 0.1) is 22.9 Å². The molecule has 2 aromatic heterocycles. The highest BCUT2D eigenvalue weighted by atomic mass is 19.4. The monoisotopic (exact) mass is 510 g/mol. The summed E-state index contributed by atoms with van der Waals surface area (Å²) in [5.41, 5.74) is -0.189. The summed E-state index contributed by atoms with van der Waals surface area (Å²) in [5.74, 6) is -3.03. The Morgan fingerprint density at radius 2 is 1.81 bits per heavy atom. The fraction of sp³-hybridized carbons (Fsp3) is 0.150. The van der Waals surface area contributed by atoms with E-state index in [2.05, 4.69) is 25.3 Å². The number of aliphatic carboxylic acids is 1. The van der Waals surface area contributed by atoms with Crippen LogP contribution in [0.4, 0.5) is 35.1 Å². The van der Waals surface area contributed by atoms with Crippen LogP contribution in [0.2, 0.25) is 0 Å². The van der Waals surface area contributed by atoms with Gasteiger partial charge in [0.05, 0.1) is 34.1 Å². The number of carboxylic acids is 1. The molecule has 3 N–H and O–H groups in total. The molecule has 0 unspecified atom stereocenters. The Labute approximate surface area is 196 Å². The van der Waals surface area contributed by atoms with Crippen molar-refractivity contribution in [2.24, 2.45) is 0 Å². The standard InChI is InChI=1S/C18H13FN6O4.C2HF3O2/c1-8-10-5-9(29-2)3-4-13(10)21-17(20-8)24-18-22-14-7-12(19)15(25(27)28)6-11(14)16(26)23-18;3-2(4,5)1(6)7/h3-7H,1-2H3,(H2,20,21,22,23,24,26);(H,6,7). The van der Waals surface area contributed by atoms with Gasteiger partial charge in [-0.25, -0.2) is 19.7 Å². The van der Waals surface area contributed by atoms with Gasteiger partial charge < -0.3 is 9.84 Å². The number of ether oxygens (including phenoxy) is 1. The zero-order valence-corrected chi connectivity index (χ0v) is 18.2. The van der Waals surface area contributed by atoms with Gasteiger partial charge in [-0.3, -0.25) is 25.2 Å². The first kappa shape index (κ1) is 25.7. The molecular formula is C20H14F4N6O6. The number of nitrogens with zero attached hydrogens (tertiary/aromatic N) is 4. The number of fused-ring (bicyclic) bond motifs is 2. The number of H-pyrrole nitrogens is 1. The quantitative estimate of drug-likeness (QED) is 0.209. The zero-order valence-electron chi connectivity index (χ0n) is 18.2. The maximum absolute atomic E-state index is 13.9. The Hall–Kier alpha value is -4.89. The summed E-state index contributed by atoms with van der Waals surface area (Å²) in [6.45, 7) is 1.79. The second-order valence-corrected chi connectivity index (χ2v) is 6.94. The summed E-state index contributed by atoms with van der Waals surface area (Å²) < 4.78 is 50.8. The van der Waals surface area contributed by atoms with Gasteiger partial charge in [0.15, 0.2) is 0 Å². The van der Waals surface area contributed by atoms with Crippen molar-refractivity contribution in [2.75, 3.05) is 12.4 Å². The number of alkyl halides is 3. The van der Waals surface area contributed by atoms with Crippen LogP contribution in [0.25, 0.3) is 21.8 Å². The molecule has 0 saturated carbocycles. The third kappa shape index (κ3) is 5.60. The van der Waals surface area contributed by atoms with E-state index in [0.29, 0.717) is 17.0 Å². The predicted molar refractivity (Wildman–Crippen MR) is 117 cm³/mol. The smallest absolute Gasteiger partial charge is 0.490 e. The van der Waals surface area contributed by atoms with Crippen molar-refractivity contribution in [1.82, 2.24) is 19.9 Å². The number of aromatic nitrogens is 4. The van der Waals surface area contributed by atoms with Gasteiger partial charge in [-0.2, -0.15) is 17.6 Å². The highest BCUT2D eigenvalue weighted by molar-refractivity contribution is 5.84. The molecule has 36 heavy (non-hydrogen) atoms. The van der Waals surface area contributed by atoms with Gasteiger partial charge in [-0.1, -0.05) is 0 Å². The van der Waals surface area contributed by atoms with Crippen molar-refractivity contribution in [3.63, 3.8) is 0 Å². The first-order valence-electron chi connectivity index (χ1n) is 9.57. The minimum atomic E-state index is -5.08. The fourth-order valence-corrected chi connectivity index (χ4v) is 2.90. The van der Waals surface area contributed by atoms with Crippen molar-refractivity contribution in [3.05, 3.63) is 62.3 Å². The molecular weight excluding hydrogens is 496 g/mol. The van der Waals surface area contributed by atoms with E-state index in [-0.39, 0.29) is 22.8 Å². The molecule has 16 heteroatoms. The van der Waals surface area contributed by atoms with Crippen molar-refractivity contribution in [1.29, 1.82) is 0 Å². The molecule has 4 aromatic rings. The van der Waals surface area contributed by atoms with E-state index in [1.165, 1.54) is 0 Å². The number of nitro groups is 1. The number of hydrogen-bond acceptors (Lipinski definition) is 9. The summed E-state index contributed by atoms with van der Waals surface area (Å²) in [6, 6.07) is 7.01. The molecule has 2 aromatic carbocycles. The summed E-state index contributed by atoms with van der Waals surface area (Å²) in [7, 11) is 1.56. The van der Waals surface area contributed by atoms with E-state index in [4.69, 9.17) is 14.6 Å². The van der Waals surface area contributed by atoms with Gasteiger partial charge in [0.2, 0.25) is 17.7 Å². The second-order valence-electron chi connectivity index (χ2n) is 6.94. The number of hydrogen-bond donors (Lipinski definition) is 3. The number of carbonyl (C=O) groups is 1. The molecule has 0 fully saturated rings. The number of methoxy groups -OCH3 is 1. The topological polar surface area (TPSA) is 173 Å². The maximum atomic E-state index is 13.9. The Morgan fingerprint density at radius 1 is 1.14 bits per heavy atom. The lowest BCUT2D eigenvalue weighted by atomic mass is 10.2. The summed E-state index contributed by atoms with van der Waals surface area (Å²) in [4.78, 5) is 46.4. The fourth-order valence-electron chi connectivity index (χ4n) is 2.90. The molecule has 0 aliphatic rings. The van der Waals surface area contributed by atoms with Crippen LogP contribution in [0.3, 0.4) is 0 Å². The highest BCUT2D eigenvalue weighted by Gasteiger charge is 2.38. The number of aromatic amines is 1. The number of carboxylic acid groups (broad SMARTS) is 1. The third-order valence-corrected chi connectivity index (χ3v) is 4.54. The number of nitro benzene ring substituents is 1. The van der Waals surface area contributed by atoms with Gasteiger partial charge in [-0.05, 0) is 25.1 Å². The number of aryl methyl sites for hydroxylation is 1. The molecule has 0 saturated heterocycles. The van der Waals surface area contributed by atoms with Crippen LogP contribution in [0.1, 0.15) is 5.69 Å². The average molecular weight is 510 g/mol. The van der Waals surface area contributed by atoms with Crippen molar-refractivity contribution in [3.8, 4) is 5.75 Å². The molecule has 0 atom stereocenters. The zero-order chi connectivity index (χ0) is 26.8. The van der Waals surface area contributed by atoms with E-state index in [0.717, 1.165) is 17.5 Å². The van der Waals surface area contributed by atoms with Crippen molar-refractivity contribution in [2.45, 2.75) is 13.1 Å². The lowest BCUT2D eigenvalue weighted by Gasteiger charge is -2.09. The Kier molecular flexibility index (Phi) is 6.98. The highest BCUT2D eigenvalue weighted by Crippen LogP contribution is 2.25. The summed E-state index contributed by atoms with van der Waals surface area (Å²) in [6.07, 6.45) is -5.08. The van der Waals surface area contributed by atoms with E-state index in [1.807, 2.05) is 0 Å². The van der Waals surface area contributed by atoms with Gasteiger partial charge >= 0.3 is 17.8 Å². The first-order chi connectivity index (χ1) is 16.8. The third-order valence-electron chi connectivity index (χ3n) is 4.54. The summed E-state index contributed by atoms with van der Waals surface area (Å²) in [5, 5.41) is 21.5. The van der Waals surface area contributed by atoms with E-state index in [1.54, 1.807) is 32.2 Å². The van der Waals surface area contributed by atoms with Crippen molar-refractivity contribution < 1.29 is 37.1 Å². The first-order valence-corrected chi connectivity index (χ1v) is 9.57. The number of nitrogens with one attached hydrogen (secondary N) is 2. The van der Waals surface area contributed by atoms with Crippen molar-refractivity contribution >= 4 is 45.4 Å². The van der Waals surface area contributed by atoms with E-state index in [9.17, 15) is 32.5 Å². The Bertz CT molecular complexity index is 1560. The van der Waals surface area contributed by atoms with E-state index < -0.39 is 34.1 Å². The Morgan fingerprint density at radius 3 is 2.39 bits per heavy atom. The second kappa shape index (κ2) is 9.77. The van der Waals surface area contributed by atoms with E-state index >= 15 is 0 Å². The Balaban J connectivity index is 0.000000454. The molecule has 0 aliphatic carbocycles. The number of rotatable bonds is 4. The van der Waals surface area contributed by atoms with Crippen LogP contribution < -0.4 is 15.6 Å². The minimum absolute atomic E-state index is 0.0250. The number of benzene rings is 2. The van der Waals surface area contributed by atoms with Gasteiger partial charge in [-0.15, -0.1) is 0 Å². The lowest BCUT2D eigenvalue weighted by Crippen LogP contribution is -2.21. The SMILES string of the molecule is COc1ccc2nc(Nc3nc4cc(F)c([N+](=O)[O-])cc4c(=O)[nH]3)nc(C)c2c1.O=C(O)C(F)(F)F. The van der Waals surface area contributed by atoms with Gasteiger partial charge in [0.1, 0.15) is 5.75 Å². The van der Waals surface area contributed by atoms with Crippen LogP contribution in [-0.2, 0) is 4.79 Å². The molecule has 2 heterocycles. The molecule has 0 radical (unpaired) electrons. The van der Waals surface area contributed by atoms with Crippen LogP contribution in [0.5, 0.6) is 5.75 Å². The molecule has 0 amide bonds. The maximum Gasteiger partial charge on any atom is 0.490 e. The number of anilines is 2. The summed E-state index contributed by atoms with van der Waals surface area (Å²) >= 11 is 0. The largest absolute Gasteiger partial charge is 0.497 e. The predicted octanol–water partition coefficient (Wildman–Crippen LogP) is 3.61. The molecule has 0 aliphatic heterocycles. The van der Waals surface area contributed by atoms with Gasteiger partial charge in [0, 0.05) is 17.5 Å². The minimum Gasteiger partial charge on any atom is -0.497 e. The number of halogens is 4. The molecule has 188 valence electrons. The molecule has 4 rings (SSSR count). The average Bonchev–Trinajstić information content (AvgIpc) is 2.78.